The molecule has 2 aromatic carbocycles. The van der Waals surface area contributed by atoms with Gasteiger partial charge in [0.2, 0.25) is 5.88 Å². The third-order valence-corrected chi connectivity index (χ3v) is 5.19. The summed E-state index contributed by atoms with van der Waals surface area (Å²) in [6.45, 7) is 1.23. The number of carbonyl (C=O) groups is 1. The van der Waals surface area contributed by atoms with Crippen LogP contribution in [0.5, 0.6) is 11.6 Å². The number of pyridine rings is 1. The Morgan fingerprint density at radius 2 is 2.00 bits per heavy atom. The van der Waals surface area contributed by atoms with Gasteiger partial charge in [0.25, 0.3) is 5.91 Å². The van der Waals surface area contributed by atoms with E-state index in [2.05, 4.69) is 27.0 Å². The molecule has 2 heterocycles. The Hall–Kier alpha value is -2.60. The lowest BCUT2D eigenvalue weighted by atomic mass is 10.1. The first-order valence-corrected chi connectivity index (χ1v) is 9.65. The highest BCUT2D eigenvalue weighted by atomic mass is 79.9. The van der Waals surface area contributed by atoms with Gasteiger partial charge in [-0.3, -0.25) is 4.79 Å². The molecule has 1 aliphatic heterocycles. The van der Waals surface area contributed by atoms with Crippen LogP contribution < -0.4 is 9.47 Å². The highest BCUT2D eigenvalue weighted by molar-refractivity contribution is 9.10. The molecule has 0 radical (unpaired) electrons. The predicted molar refractivity (Wildman–Crippen MR) is 107 cm³/mol. The van der Waals surface area contributed by atoms with Crippen molar-refractivity contribution >= 4 is 32.6 Å². The molecule has 1 aliphatic rings. The summed E-state index contributed by atoms with van der Waals surface area (Å²) >= 11 is 3.43. The van der Waals surface area contributed by atoms with Crippen molar-refractivity contribution in [3.05, 3.63) is 65.3 Å². The highest BCUT2D eigenvalue weighted by Crippen LogP contribution is 2.25. The van der Waals surface area contributed by atoms with E-state index in [4.69, 9.17) is 9.47 Å². The third-order valence-electron chi connectivity index (χ3n) is 4.58. The van der Waals surface area contributed by atoms with Gasteiger partial charge in [0.1, 0.15) is 11.9 Å². The standard InChI is InChI=1S/C21H19BrN2O3/c22-19-6-3-10-23-21(19)27-18-9-11-24(13-18)20(25)14-26-17-8-7-15-4-1-2-5-16(15)12-17/h1-8,10,12,18H,9,11,13-14H2. The topological polar surface area (TPSA) is 51.7 Å². The molecular formula is C21H19BrN2O3. The largest absolute Gasteiger partial charge is 0.484 e. The molecule has 1 atom stereocenters. The SMILES string of the molecule is O=C(COc1ccc2ccccc2c1)N1CCC(Oc2ncccc2Br)C1. The minimum atomic E-state index is -0.0548. The Balaban J connectivity index is 1.31. The van der Waals surface area contributed by atoms with Crippen LogP contribution in [0.4, 0.5) is 0 Å². The Labute approximate surface area is 166 Å². The summed E-state index contributed by atoms with van der Waals surface area (Å²) in [5.41, 5.74) is 0. The molecule has 1 amide bonds. The Kier molecular flexibility index (Phi) is 5.25. The van der Waals surface area contributed by atoms with Crippen molar-refractivity contribution in [3.63, 3.8) is 0 Å². The maximum atomic E-state index is 12.5. The van der Waals surface area contributed by atoms with Crippen molar-refractivity contribution in [2.24, 2.45) is 0 Å². The monoisotopic (exact) mass is 426 g/mol. The number of ether oxygens (including phenoxy) is 2. The number of nitrogens with zero attached hydrogens (tertiary/aromatic N) is 2. The second-order valence-electron chi connectivity index (χ2n) is 6.46. The zero-order chi connectivity index (χ0) is 18.6. The second kappa shape index (κ2) is 7.96. The number of rotatable bonds is 5. The van der Waals surface area contributed by atoms with Crippen molar-refractivity contribution < 1.29 is 14.3 Å². The van der Waals surface area contributed by atoms with Crippen LogP contribution in [-0.4, -0.2) is 41.6 Å². The lowest BCUT2D eigenvalue weighted by Gasteiger charge is -2.17. The smallest absolute Gasteiger partial charge is 0.260 e. The molecule has 1 saturated heterocycles. The predicted octanol–water partition coefficient (Wildman–Crippen LogP) is 4.06. The van der Waals surface area contributed by atoms with Crippen molar-refractivity contribution in [3.8, 4) is 11.6 Å². The molecule has 0 spiro atoms. The summed E-state index contributed by atoms with van der Waals surface area (Å²) in [4.78, 5) is 18.5. The van der Waals surface area contributed by atoms with Crippen molar-refractivity contribution in [1.82, 2.24) is 9.88 Å². The molecule has 5 nitrogen and oxygen atoms in total. The fourth-order valence-electron chi connectivity index (χ4n) is 3.16. The van der Waals surface area contributed by atoms with E-state index in [9.17, 15) is 4.79 Å². The number of benzene rings is 2. The Bertz CT molecular complexity index is 963. The molecule has 1 unspecified atom stereocenters. The van der Waals surface area contributed by atoms with Gasteiger partial charge >= 0.3 is 0 Å². The molecule has 4 rings (SSSR count). The molecule has 0 bridgehead atoms. The van der Waals surface area contributed by atoms with E-state index >= 15 is 0 Å². The number of hydrogen-bond donors (Lipinski definition) is 0. The first-order valence-electron chi connectivity index (χ1n) is 8.85. The number of amides is 1. The normalized spacial score (nSPS) is 16.5. The molecule has 138 valence electrons. The zero-order valence-corrected chi connectivity index (χ0v) is 16.3. The summed E-state index contributed by atoms with van der Waals surface area (Å²) < 4.78 is 12.4. The molecular weight excluding hydrogens is 408 g/mol. The first kappa shape index (κ1) is 17.8. The van der Waals surface area contributed by atoms with E-state index in [1.807, 2.05) is 48.5 Å². The molecule has 0 N–H and O–H groups in total. The van der Waals surface area contributed by atoms with E-state index < -0.39 is 0 Å². The van der Waals surface area contributed by atoms with Crippen LogP contribution in [0.1, 0.15) is 6.42 Å². The van der Waals surface area contributed by atoms with E-state index in [1.165, 1.54) is 0 Å². The lowest BCUT2D eigenvalue weighted by Crippen LogP contribution is -2.34. The summed E-state index contributed by atoms with van der Waals surface area (Å²) in [6.07, 6.45) is 2.42. The minimum Gasteiger partial charge on any atom is -0.484 e. The maximum absolute atomic E-state index is 12.5. The van der Waals surface area contributed by atoms with E-state index in [0.717, 1.165) is 21.7 Å². The van der Waals surface area contributed by atoms with Crippen LogP contribution in [-0.2, 0) is 4.79 Å². The molecule has 0 aliphatic carbocycles. The number of aromatic nitrogens is 1. The average molecular weight is 427 g/mol. The van der Waals surface area contributed by atoms with Crippen LogP contribution in [0.15, 0.2) is 65.3 Å². The zero-order valence-electron chi connectivity index (χ0n) is 14.7. The van der Waals surface area contributed by atoms with E-state index in [-0.39, 0.29) is 18.6 Å². The van der Waals surface area contributed by atoms with Gasteiger partial charge in [-0.1, -0.05) is 30.3 Å². The fourth-order valence-corrected chi connectivity index (χ4v) is 3.51. The quantitative estimate of drug-likeness (QED) is 0.617. The average Bonchev–Trinajstić information content (AvgIpc) is 3.16. The molecule has 27 heavy (non-hydrogen) atoms. The summed E-state index contributed by atoms with van der Waals surface area (Å²) in [5.74, 6) is 1.23. The Morgan fingerprint density at radius 3 is 2.85 bits per heavy atom. The van der Waals surface area contributed by atoms with Gasteiger partial charge in [0.05, 0.1) is 11.0 Å². The number of halogens is 1. The summed E-state index contributed by atoms with van der Waals surface area (Å²) in [5, 5.41) is 2.24. The molecule has 3 aromatic rings. The van der Waals surface area contributed by atoms with Gasteiger partial charge < -0.3 is 14.4 Å². The van der Waals surface area contributed by atoms with Crippen molar-refractivity contribution in [2.75, 3.05) is 19.7 Å². The highest BCUT2D eigenvalue weighted by Gasteiger charge is 2.28. The fraction of sp³-hybridized carbons (Fsp3) is 0.238. The van der Waals surface area contributed by atoms with Crippen molar-refractivity contribution in [2.45, 2.75) is 12.5 Å². The molecule has 0 saturated carbocycles. The van der Waals surface area contributed by atoms with Gasteiger partial charge in [0, 0.05) is 19.2 Å². The molecule has 1 fully saturated rings. The van der Waals surface area contributed by atoms with Crippen LogP contribution in [0.2, 0.25) is 0 Å². The van der Waals surface area contributed by atoms with Crippen LogP contribution in [0, 0.1) is 0 Å². The van der Waals surface area contributed by atoms with Crippen molar-refractivity contribution in [1.29, 1.82) is 0 Å². The van der Waals surface area contributed by atoms with Gasteiger partial charge in [0.15, 0.2) is 6.61 Å². The summed E-state index contributed by atoms with van der Waals surface area (Å²) in [7, 11) is 0. The van der Waals surface area contributed by atoms with Crippen LogP contribution in [0.25, 0.3) is 10.8 Å². The van der Waals surface area contributed by atoms with Crippen LogP contribution >= 0.6 is 15.9 Å². The third kappa shape index (κ3) is 4.22. The van der Waals surface area contributed by atoms with Crippen LogP contribution in [0.3, 0.4) is 0 Å². The van der Waals surface area contributed by atoms with Gasteiger partial charge in [-0.15, -0.1) is 0 Å². The maximum Gasteiger partial charge on any atom is 0.260 e. The second-order valence-corrected chi connectivity index (χ2v) is 7.31. The van der Waals surface area contributed by atoms with E-state index in [0.29, 0.717) is 24.7 Å². The van der Waals surface area contributed by atoms with Gasteiger partial charge in [-0.05, 0) is 51.0 Å². The lowest BCUT2D eigenvalue weighted by molar-refractivity contribution is -0.132. The van der Waals surface area contributed by atoms with Gasteiger partial charge in [-0.2, -0.15) is 0 Å². The molecule has 1 aromatic heterocycles. The number of hydrogen-bond acceptors (Lipinski definition) is 4. The first-order chi connectivity index (χ1) is 13.2. The molecule has 6 heteroatoms. The minimum absolute atomic E-state index is 0.0261. The number of fused-ring (bicyclic) bond motifs is 1. The number of carbonyl (C=O) groups excluding carboxylic acids is 1. The number of likely N-dealkylation sites (tertiary alicyclic amines) is 1. The van der Waals surface area contributed by atoms with Gasteiger partial charge in [-0.25, -0.2) is 4.98 Å². The Morgan fingerprint density at radius 1 is 1.15 bits per heavy atom. The summed E-state index contributed by atoms with van der Waals surface area (Å²) in [6, 6.07) is 17.6. The van der Waals surface area contributed by atoms with E-state index in [1.54, 1.807) is 11.1 Å².